The quantitative estimate of drug-likeness (QED) is 0.874. The van der Waals surface area contributed by atoms with Crippen molar-refractivity contribution in [3.8, 4) is 0 Å². The van der Waals surface area contributed by atoms with Crippen molar-refractivity contribution in [2.24, 2.45) is 0 Å². The Bertz CT molecular complexity index is 594. The van der Waals surface area contributed by atoms with E-state index in [0.717, 1.165) is 4.88 Å². The van der Waals surface area contributed by atoms with Crippen LogP contribution in [-0.2, 0) is 0 Å². The van der Waals surface area contributed by atoms with E-state index in [1.54, 1.807) is 13.0 Å². The summed E-state index contributed by atoms with van der Waals surface area (Å²) in [5.41, 5.74) is -0.140. The molecule has 2 aromatic rings. The smallest absolute Gasteiger partial charge is 0.256 e. The molecule has 100 valence electrons. The van der Waals surface area contributed by atoms with Gasteiger partial charge in [-0.05, 0) is 31.2 Å². The van der Waals surface area contributed by atoms with E-state index < -0.39 is 11.7 Å². The molecule has 0 aliphatic rings. The molecular weight excluding hydrogens is 308 g/mol. The van der Waals surface area contributed by atoms with Crippen molar-refractivity contribution in [1.29, 1.82) is 0 Å². The van der Waals surface area contributed by atoms with E-state index in [0.29, 0.717) is 4.34 Å². The van der Waals surface area contributed by atoms with Gasteiger partial charge in [0.05, 0.1) is 21.0 Å². The van der Waals surface area contributed by atoms with Gasteiger partial charge in [0.15, 0.2) is 0 Å². The summed E-state index contributed by atoms with van der Waals surface area (Å²) in [5, 5.41) is 2.79. The fourth-order valence-corrected chi connectivity index (χ4v) is 2.93. The molecule has 1 aromatic carbocycles. The molecule has 0 bridgehead atoms. The van der Waals surface area contributed by atoms with Crippen LogP contribution in [-0.4, -0.2) is 5.91 Å². The van der Waals surface area contributed by atoms with Crippen molar-refractivity contribution in [2.75, 3.05) is 0 Å². The second-order valence-electron chi connectivity index (χ2n) is 3.93. The van der Waals surface area contributed by atoms with E-state index in [4.69, 9.17) is 23.2 Å². The molecule has 0 unspecified atom stereocenters. The monoisotopic (exact) mass is 317 g/mol. The Morgan fingerprint density at radius 2 is 2.05 bits per heavy atom. The van der Waals surface area contributed by atoms with Crippen LogP contribution in [0.2, 0.25) is 9.36 Å². The molecule has 0 fully saturated rings. The van der Waals surface area contributed by atoms with Crippen LogP contribution in [0.15, 0.2) is 30.3 Å². The summed E-state index contributed by atoms with van der Waals surface area (Å²) in [6.45, 7) is 1.80. The van der Waals surface area contributed by atoms with E-state index in [9.17, 15) is 9.18 Å². The number of hydrogen-bond donors (Lipinski definition) is 1. The highest BCUT2D eigenvalue weighted by Crippen LogP contribution is 2.27. The second-order valence-corrected chi connectivity index (χ2v) is 6.09. The zero-order valence-corrected chi connectivity index (χ0v) is 12.2. The van der Waals surface area contributed by atoms with E-state index in [1.165, 1.54) is 29.5 Å². The fraction of sp³-hybridized carbons (Fsp3) is 0.154. The lowest BCUT2D eigenvalue weighted by Gasteiger charge is -2.13. The van der Waals surface area contributed by atoms with Gasteiger partial charge in [-0.2, -0.15) is 0 Å². The minimum Gasteiger partial charge on any atom is -0.345 e. The predicted octanol–water partition coefficient (Wildman–Crippen LogP) is 4.69. The Hall–Kier alpha value is -1.10. The zero-order valence-electron chi connectivity index (χ0n) is 9.91. The first-order valence-electron chi connectivity index (χ1n) is 5.49. The van der Waals surface area contributed by atoms with Crippen LogP contribution in [0, 0.1) is 5.82 Å². The molecule has 2 rings (SSSR count). The van der Waals surface area contributed by atoms with Gasteiger partial charge in [-0.3, -0.25) is 4.79 Å². The van der Waals surface area contributed by atoms with Crippen molar-refractivity contribution >= 4 is 40.4 Å². The van der Waals surface area contributed by atoms with Gasteiger partial charge in [-0.1, -0.05) is 29.3 Å². The molecule has 6 heteroatoms. The molecule has 0 spiro atoms. The SMILES string of the molecule is C[C@H](NC(=O)c1c(F)cccc1Cl)c1ccc(Cl)s1. The molecule has 0 aliphatic heterocycles. The first-order chi connectivity index (χ1) is 8.99. The van der Waals surface area contributed by atoms with Gasteiger partial charge >= 0.3 is 0 Å². The third kappa shape index (κ3) is 3.26. The average Bonchev–Trinajstić information content (AvgIpc) is 2.75. The lowest BCUT2D eigenvalue weighted by molar-refractivity contribution is 0.0936. The fourth-order valence-electron chi connectivity index (χ4n) is 1.62. The number of hydrogen-bond acceptors (Lipinski definition) is 2. The Morgan fingerprint density at radius 1 is 1.32 bits per heavy atom. The van der Waals surface area contributed by atoms with Crippen LogP contribution in [0.3, 0.4) is 0 Å². The van der Waals surface area contributed by atoms with E-state index in [1.807, 2.05) is 6.07 Å². The number of amides is 1. The van der Waals surface area contributed by atoms with Crippen molar-refractivity contribution < 1.29 is 9.18 Å². The highest BCUT2D eigenvalue weighted by Gasteiger charge is 2.18. The molecule has 0 saturated carbocycles. The third-order valence-corrected chi connectivity index (χ3v) is 4.29. The van der Waals surface area contributed by atoms with Crippen molar-refractivity contribution in [1.82, 2.24) is 5.32 Å². The molecule has 0 radical (unpaired) electrons. The maximum Gasteiger partial charge on any atom is 0.256 e. The highest BCUT2D eigenvalue weighted by molar-refractivity contribution is 7.16. The van der Waals surface area contributed by atoms with E-state index in [2.05, 4.69) is 5.32 Å². The van der Waals surface area contributed by atoms with E-state index in [-0.39, 0.29) is 16.6 Å². The maximum absolute atomic E-state index is 13.6. The van der Waals surface area contributed by atoms with Crippen molar-refractivity contribution in [2.45, 2.75) is 13.0 Å². The Labute approximate surface area is 124 Å². The molecule has 1 N–H and O–H groups in total. The van der Waals surface area contributed by atoms with Gasteiger partial charge in [0.25, 0.3) is 5.91 Å². The summed E-state index contributed by atoms with van der Waals surface area (Å²) in [7, 11) is 0. The summed E-state index contributed by atoms with van der Waals surface area (Å²) in [6, 6.07) is 7.44. The molecule has 0 aliphatic carbocycles. The molecule has 1 atom stereocenters. The van der Waals surface area contributed by atoms with Gasteiger partial charge in [-0.25, -0.2) is 4.39 Å². The molecule has 19 heavy (non-hydrogen) atoms. The first-order valence-corrected chi connectivity index (χ1v) is 7.06. The summed E-state index contributed by atoms with van der Waals surface area (Å²) < 4.78 is 14.2. The lowest BCUT2D eigenvalue weighted by Crippen LogP contribution is -2.27. The number of thiophene rings is 1. The number of nitrogens with one attached hydrogen (secondary N) is 1. The van der Waals surface area contributed by atoms with Gasteiger partial charge in [-0.15, -0.1) is 11.3 Å². The Balaban J connectivity index is 2.17. The summed E-state index contributed by atoms with van der Waals surface area (Å²) in [6.07, 6.45) is 0. The number of rotatable bonds is 3. The predicted molar refractivity (Wildman–Crippen MR) is 76.6 cm³/mol. The van der Waals surface area contributed by atoms with Crippen LogP contribution < -0.4 is 5.32 Å². The highest BCUT2D eigenvalue weighted by atomic mass is 35.5. The first kappa shape index (κ1) is 14.3. The average molecular weight is 318 g/mol. The van der Waals surface area contributed by atoms with Crippen LogP contribution >= 0.6 is 34.5 Å². The maximum atomic E-state index is 13.6. The van der Waals surface area contributed by atoms with Crippen LogP contribution in [0.25, 0.3) is 0 Å². The van der Waals surface area contributed by atoms with Gasteiger partial charge < -0.3 is 5.32 Å². The minimum atomic E-state index is -0.638. The molecule has 0 saturated heterocycles. The third-order valence-electron chi connectivity index (χ3n) is 2.56. The van der Waals surface area contributed by atoms with Crippen molar-refractivity contribution in [3.05, 3.63) is 55.9 Å². The van der Waals surface area contributed by atoms with Crippen LogP contribution in [0.1, 0.15) is 28.2 Å². The summed E-state index contributed by atoms with van der Waals surface area (Å²) in [4.78, 5) is 12.9. The lowest BCUT2D eigenvalue weighted by atomic mass is 10.1. The van der Waals surface area contributed by atoms with Crippen molar-refractivity contribution in [3.63, 3.8) is 0 Å². The standard InChI is InChI=1S/C13H10Cl2FNOS/c1-7(10-5-6-11(15)19-10)17-13(18)12-8(14)3-2-4-9(12)16/h2-7H,1H3,(H,17,18)/t7-/m0/s1. The molecular formula is C13H10Cl2FNOS. The number of halogens is 3. The van der Waals surface area contributed by atoms with Gasteiger partial charge in [0.2, 0.25) is 0 Å². The topological polar surface area (TPSA) is 29.1 Å². The minimum absolute atomic E-state index is 0.0916. The largest absolute Gasteiger partial charge is 0.345 e. The number of carbonyl (C=O) groups is 1. The summed E-state index contributed by atoms with van der Waals surface area (Å²) >= 11 is 13.0. The Kier molecular flexibility index (Phi) is 4.45. The molecule has 2 nitrogen and oxygen atoms in total. The molecule has 1 amide bonds. The molecule has 1 aromatic heterocycles. The normalized spacial score (nSPS) is 12.2. The zero-order chi connectivity index (χ0) is 14.0. The van der Waals surface area contributed by atoms with E-state index >= 15 is 0 Å². The van der Waals surface area contributed by atoms with Crippen LogP contribution in [0.5, 0.6) is 0 Å². The Morgan fingerprint density at radius 3 is 2.63 bits per heavy atom. The summed E-state index contributed by atoms with van der Waals surface area (Å²) in [5.74, 6) is -1.18. The van der Waals surface area contributed by atoms with Gasteiger partial charge in [0, 0.05) is 4.88 Å². The van der Waals surface area contributed by atoms with Gasteiger partial charge in [0.1, 0.15) is 5.82 Å². The number of carbonyl (C=O) groups excluding carboxylic acids is 1. The second kappa shape index (κ2) is 5.90. The van der Waals surface area contributed by atoms with Crippen LogP contribution in [0.4, 0.5) is 4.39 Å². The molecule has 1 heterocycles. The number of benzene rings is 1.